The van der Waals surface area contributed by atoms with E-state index >= 15 is 4.79 Å². The number of ether oxygens (including phenoxy) is 2. The number of carbonyl (C=O) groups excluding carboxylic acids is 3. The summed E-state index contributed by atoms with van der Waals surface area (Å²) in [5.74, 6) is 0.125. The monoisotopic (exact) mass is 804 g/mol. The van der Waals surface area contributed by atoms with Gasteiger partial charge in [0.05, 0.1) is 64.0 Å². The van der Waals surface area contributed by atoms with Crippen molar-refractivity contribution in [2.75, 3.05) is 30.2 Å². The zero-order valence-electron chi connectivity index (χ0n) is 32.9. The number of benzene rings is 4. The molecule has 2 fully saturated rings. The molecular weight excluding hydrogens is 756 g/mol. The lowest BCUT2D eigenvalue weighted by atomic mass is 9.82. The lowest BCUT2D eigenvalue weighted by molar-refractivity contribution is -0.150. The average molecular weight is 805 g/mol. The minimum absolute atomic E-state index is 0.0635. The van der Waals surface area contributed by atoms with Gasteiger partial charge in [-0.2, -0.15) is 5.10 Å². The average Bonchev–Trinajstić information content (AvgIpc) is 3.89. The number of hydrogen-bond donors (Lipinski definition) is 1. The Kier molecular flexibility index (Phi) is 10.6. The quantitative estimate of drug-likeness (QED) is 0.173. The Morgan fingerprint density at radius 1 is 1.00 bits per heavy atom. The highest BCUT2D eigenvalue weighted by molar-refractivity contribution is 6.91. The number of rotatable bonds is 10. The first-order valence-corrected chi connectivity index (χ1v) is 23.3. The van der Waals surface area contributed by atoms with Gasteiger partial charge in [-0.25, -0.2) is 5.01 Å². The highest BCUT2D eigenvalue weighted by atomic mass is 35.5. The van der Waals surface area contributed by atoms with Crippen molar-refractivity contribution in [1.82, 2.24) is 4.90 Å². The van der Waals surface area contributed by atoms with Gasteiger partial charge in [0.25, 0.3) is 5.91 Å². The summed E-state index contributed by atoms with van der Waals surface area (Å²) in [4.78, 5) is 46.0. The Bertz CT molecular complexity index is 2200. The summed E-state index contributed by atoms with van der Waals surface area (Å²) in [6.07, 6.45) is 2.10. The van der Waals surface area contributed by atoms with E-state index in [1.807, 2.05) is 78.9 Å². The van der Waals surface area contributed by atoms with E-state index in [0.717, 1.165) is 41.1 Å². The Morgan fingerprint density at radius 3 is 2.44 bits per heavy atom. The lowest BCUT2D eigenvalue weighted by Crippen LogP contribution is -2.52. The maximum atomic E-state index is 15.3. The van der Waals surface area contributed by atoms with Gasteiger partial charge in [0, 0.05) is 35.9 Å². The molecule has 1 N–H and O–H groups in total. The summed E-state index contributed by atoms with van der Waals surface area (Å²) < 4.78 is 12.7. The van der Waals surface area contributed by atoms with Gasteiger partial charge < -0.3 is 24.4 Å². The van der Waals surface area contributed by atoms with Crippen LogP contribution in [0.3, 0.4) is 0 Å². The van der Waals surface area contributed by atoms with Crippen LogP contribution in [-0.2, 0) is 31.3 Å². The van der Waals surface area contributed by atoms with Crippen molar-refractivity contribution in [2.45, 2.75) is 82.0 Å². The maximum Gasteiger partial charge on any atom is 0.264 e. The highest BCUT2D eigenvalue weighted by Crippen LogP contribution is 2.60. The van der Waals surface area contributed by atoms with Gasteiger partial charge >= 0.3 is 0 Å². The van der Waals surface area contributed by atoms with Crippen LogP contribution in [0.2, 0.25) is 23.7 Å². The molecule has 0 aliphatic carbocycles. The van der Waals surface area contributed by atoms with Gasteiger partial charge in [-0.3, -0.25) is 14.4 Å². The van der Waals surface area contributed by atoms with Gasteiger partial charge in [-0.1, -0.05) is 91.4 Å². The number of likely N-dealkylation sites (tertiary alicyclic amines) is 1. The molecule has 0 saturated carbocycles. The number of hydrazone groups is 1. The zero-order valence-corrected chi connectivity index (χ0v) is 34.6. The number of fused-ring (bicyclic) bond motifs is 2. The summed E-state index contributed by atoms with van der Waals surface area (Å²) in [7, 11) is -0.850. The Labute approximate surface area is 340 Å². The minimum atomic E-state index is -2.50. The van der Waals surface area contributed by atoms with Crippen molar-refractivity contribution in [2.24, 2.45) is 11.0 Å². The number of halogens is 1. The number of carbonyl (C=O) groups is 3. The minimum Gasteiger partial charge on any atom is -0.497 e. The molecule has 4 aliphatic heterocycles. The fourth-order valence-electron chi connectivity index (χ4n) is 9.80. The van der Waals surface area contributed by atoms with Crippen LogP contribution in [0, 0.1) is 5.92 Å². The molecule has 12 heteroatoms. The third-order valence-electron chi connectivity index (χ3n) is 12.7. The number of aliphatic hydroxyl groups excluding tert-OH is 1. The molecule has 0 aromatic heterocycles. The smallest absolute Gasteiger partial charge is 0.264 e. The van der Waals surface area contributed by atoms with Crippen LogP contribution in [0.1, 0.15) is 55.7 Å². The van der Waals surface area contributed by atoms with E-state index < -0.39 is 19.8 Å². The topological polar surface area (TPSA) is 112 Å². The van der Waals surface area contributed by atoms with Crippen molar-refractivity contribution in [3.8, 4) is 5.75 Å². The second-order valence-corrected chi connectivity index (χ2v) is 21.4. The van der Waals surface area contributed by atoms with Crippen molar-refractivity contribution in [1.29, 1.82) is 0 Å². The fraction of sp³-hybridized carbons (Fsp3) is 0.378. The summed E-state index contributed by atoms with van der Waals surface area (Å²) in [5.41, 5.74) is 3.29. The number of anilines is 2. The van der Waals surface area contributed by atoms with E-state index in [0.29, 0.717) is 35.7 Å². The van der Waals surface area contributed by atoms with Crippen molar-refractivity contribution < 1.29 is 29.0 Å². The largest absolute Gasteiger partial charge is 0.497 e. The van der Waals surface area contributed by atoms with Crippen LogP contribution in [0.4, 0.5) is 11.4 Å². The predicted octanol–water partition coefficient (Wildman–Crippen LogP) is 7.02. The molecule has 4 heterocycles. The van der Waals surface area contributed by atoms with Crippen LogP contribution in [0.25, 0.3) is 0 Å². The summed E-state index contributed by atoms with van der Waals surface area (Å²) in [5, 5.41) is 17.9. The van der Waals surface area contributed by atoms with Crippen LogP contribution in [-0.4, -0.2) is 73.9 Å². The Balaban J connectivity index is 1.13. The number of aliphatic hydroxyl groups is 1. The first-order valence-electron chi connectivity index (χ1n) is 19.9. The second-order valence-electron chi connectivity index (χ2n) is 16.3. The van der Waals surface area contributed by atoms with Crippen molar-refractivity contribution in [3.63, 3.8) is 0 Å². The first kappa shape index (κ1) is 39.0. The summed E-state index contributed by atoms with van der Waals surface area (Å²) in [6.45, 7) is 7.46. The molecule has 0 unspecified atom stereocenters. The summed E-state index contributed by atoms with van der Waals surface area (Å²) >= 11 is 6.71. The van der Waals surface area contributed by atoms with Gasteiger partial charge in [0.15, 0.2) is 5.60 Å². The fourth-order valence-corrected chi connectivity index (χ4v) is 14.0. The van der Waals surface area contributed by atoms with E-state index in [2.05, 4.69) is 32.2 Å². The van der Waals surface area contributed by atoms with Gasteiger partial charge in [-0.15, -0.1) is 0 Å². The lowest BCUT2D eigenvalue weighted by Gasteiger charge is -2.37. The van der Waals surface area contributed by atoms with Crippen LogP contribution >= 0.6 is 11.6 Å². The molecule has 0 bridgehead atoms. The molecular formula is C45H49ClN4O6Si. The van der Waals surface area contributed by atoms with Crippen LogP contribution < -0.4 is 19.8 Å². The number of amides is 3. The molecule has 4 aromatic rings. The Hall–Kier alpha value is -4.81. The third kappa shape index (κ3) is 6.88. The molecule has 3 amide bonds. The number of hydrogen-bond acceptors (Lipinski definition) is 7. The van der Waals surface area contributed by atoms with E-state index in [1.54, 1.807) is 23.0 Å². The molecule has 2 saturated heterocycles. The standard InChI is InChI=1S/C45H49ClN4O6Si/c1-29-43(57(3,4)36-19-17-35(55-2)18-20-36)40(26-42(53)48-24-8-11-34(48)28-51)56-45(29)37-25-32(46)14-22-39(37)49(44(45)54)27-30-12-15-33(16-13-30)50-41(52)23-21-38(47-50)31-9-6-5-7-10-31/h5-7,9-10,12-20,22,25,29,34,40,43,51H,8,11,21,23-24,26-28H2,1-4H3/t29-,34+,40+,43-,45+/m1/s1. The molecule has 0 radical (unpaired) electrons. The van der Waals surface area contributed by atoms with E-state index in [1.165, 1.54) is 10.2 Å². The molecule has 4 aliphatic rings. The van der Waals surface area contributed by atoms with Crippen LogP contribution in [0.5, 0.6) is 5.75 Å². The van der Waals surface area contributed by atoms with E-state index in [9.17, 15) is 14.7 Å². The van der Waals surface area contributed by atoms with Crippen molar-refractivity contribution >= 4 is 59.7 Å². The maximum absolute atomic E-state index is 15.3. The first-order chi connectivity index (χ1) is 27.5. The molecule has 296 valence electrons. The summed E-state index contributed by atoms with van der Waals surface area (Å²) in [6, 6.07) is 31.0. The van der Waals surface area contributed by atoms with Crippen molar-refractivity contribution in [3.05, 3.63) is 119 Å². The van der Waals surface area contributed by atoms with Gasteiger partial charge in [0.2, 0.25) is 11.8 Å². The SMILES string of the molecule is COc1ccc([Si](C)(C)[C@H]2[C@H](CC(=O)N3CCC[C@H]3CO)O[C@@]3(C(=O)N(Cc4ccc(N5N=C(c6ccccc6)CCC5=O)cc4)c4ccc(Cl)cc43)[C@@H]2C)cc1. The van der Waals surface area contributed by atoms with Gasteiger partial charge in [0.1, 0.15) is 5.75 Å². The normalized spacial score (nSPS) is 24.7. The second kappa shape index (κ2) is 15.5. The molecule has 1 spiro atoms. The van der Waals surface area contributed by atoms with E-state index in [4.69, 9.17) is 26.2 Å². The van der Waals surface area contributed by atoms with Crippen LogP contribution in [0.15, 0.2) is 102 Å². The predicted molar refractivity (Wildman–Crippen MR) is 225 cm³/mol. The molecule has 10 nitrogen and oxygen atoms in total. The molecule has 57 heavy (non-hydrogen) atoms. The number of nitrogens with zero attached hydrogens (tertiary/aromatic N) is 4. The zero-order chi connectivity index (χ0) is 40.1. The highest BCUT2D eigenvalue weighted by Gasteiger charge is 2.66. The molecule has 8 rings (SSSR count). The van der Waals surface area contributed by atoms with E-state index in [-0.39, 0.29) is 54.8 Å². The molecule has 5 atom stereocenters. The number of methoxy groups -OCH3 is 1. The van der Waals surface area contributed by atoms with Gasteiger partial charge in [-0.05, 0) is 72.0 Å². The molecule has 4 aromatic carbocycles. The Morgan fingerprint density at radius 2 is 1.74 bits per heavy atom. The third-order valence-corrected chi connectivity index (χ3v) is 17.3.